The van der Waals surface area contributed by atoms with Gasteiger partial charge in [-0.15, -0.1) is 22.7 Å². The lowest BCUT2D eigenvalue weighted by Crippen LogP contribution is -2.33. The van der Waals surface area contributed by atoms with E-state index in [1.54, 1.807) is 22.7 Å². The van der Waals surface area contributed by atoms with E-state index in [-0.39, 0.29) is 11.8 Å². The monoisotopic (exact) mass is 440 g/mol. The van der Waals surface area contributed by atoms with E-state index in [9.17, 15) is 9.59 Å². The minimum absolute atomic E-state index is 0.0305. The molecule has 0 aromatic carbocycles. The van der Waals surface area contributed by atoms with E-state index >= 15 is 0 Å². The maximum Gasteiger partial charge on any atom is 0.261 e. The van der Waals surface area contributed by atoms with Gasteiger partial charge >= 0.3 is 0 Å². The van der Waals surface area contributed by atoms with Gasteiger partial charge in [-0.25, -0.2) is 0 Å². The lowest BCUT2D eigenvalue weighted by molar-refractivity contribution is -0.124. The third kappa shape index (κ3) is 3.46. The van der Waals surface area contributed by atoms with Crippen molar-refractivity contribution in [2.24, 2.45) is 11.8 Å². The second-order valence-electron chi connectivity index (χ2n) is 8.26. The van der Waals surface area contributed by atoms with Gasteiger partial charge in [-0.3, -0.25) is 9.59 Å². The predicted molar refractivity (Wildman–Crippen MR) is 125 cm³/mol. The molecule has 2 aliphatic heterocycles. The van der Waals surface area contributed by atoms with Gasteiger partial charge in [0.1, 0.15) is 0 Å². The van der Waals surface area contributed by atoms with Crippen LogP contribution in [0, 0.1) is 11.8 Å². The average Bonchev–Trinajstić information content (AvgIpc) is 3.52. The zero-order valence-corrected chi connectivity index (χ0v) is 19.6. The van der Waals surface area contributed by atoms with Gasteiger partial charge in [0.05, 0.1) is 32.3 Å². The van der Waals surface area contributed by atoms with Crippen LogP contribution in [-0.2, 0) is 9.59 Å². The molecule has 4 nitrogen and oxygen atoms in total. The summed E-state index contributed by atoms with van der Waals surface area (Å²) >= 11 is 3.17. The lowest BCUT2D eigenvalue weighted by Gasteiger charge is -2.27. The molecular formula is C24H28N2O2S2. The molecule has 4 rings (SSSR count). The fourth-order valence-corrected chi connectivity index (χ4v) is 5.53. The number of carbonyl (C=O) groups is 2. The van der Waals surface area contributed by atoms with Crippen LogP contribution in [-0.4, -0.2) is 34.7 Å². The summed E-state index contributed by atoms with van der Waals surface area (Å²) in [6, 6.07) is 8.00. The van der Waals surface area contributed by atoms with Crippen molar-refractivity contribution >= 4 is 45.9 Å². The second-order valence-corrected chi connectivity index (χ2v) is 10.2. The molecule has 0 bridgehead atoms. The van der Waals surface area contributed by atoms with Crippen molar-refractivity contribution in [1.29, 1.82) is 0 Å². The number of amides is 2. The summed E-state index contributed by atoms with van der Waals surface area (Å²) in [5.41, 5.74) is 2.79. The molecule has 2 aliphatic rings. The standard InChI is InChI=1S/C24H28N2O2S2/c1-5-15(3)13-25-21(17-9-7-11-29-17)19-20(23(25)27)22(18-10-8-12-30-18)26(24(19)28)14-16(4)6-2/h7-12,15-16H,5-6,13-14H2,1-4H3/t15-,16-/m0/s1. The third-order valence-corrected chi connectivity index (χ3v) is 7.83. The number of rotatable bonds is 8. The number of carbonyl (C=O) groups excluding carboxylic acids is 2. The Morgan fingerprint density at radius 1 is 0.767 bits per heavy atom. The first-order chi connectivity index (χ1) is 14.5. The molecular weight excluding hydrogens is 412 g/mol. The average molecular weight is 441 g/mol. The second kappa shape index (κ2) is 8.52. The van der Waals surface area contributed by atoms with E-state index in [1.165, 1.54) is 0 Å². The van der Waals surface area contributed by atoms with Gasteiger partial charge < -0.3 is 9.80 Å². The molecule has 0 saturated heterocycles. The Hall–Kier alpha value is -2.18. The Bertz CT molecular complexity index is 920. The zero-order valence-electron chi connectivity index (χ0n) is 18.0. The van der Waals surface area contributed by atoms with Crippen molar-refractivity contribution < 1.29 is 9.59 Å². The highest BCUT2D eigenvalue weighted by atomic mass is 32.1. The fourth-order valence-electron chi connectivity index (χ4n) is 3.97. The highest BCUT2D eigenvalue weighted by Gasteiger charge is 2.49. The molecule has 0 radical (unpaired) electrons. The minimum atomic E-state index is -0.0305. The molecule has 2 aromatic heterocycles. The molecule has 2 atom stereocenters. The molecule has 0 aliphatic carbocycles. The maximum absolute atomic E-state index is 13.8. The van der Waals surface area contributed by atoms with Crippen LogP contribution >= 0.6 is 22.7 Å². The van der Waals surface area contributed by atoms with Gasteiger partial charge in [-0.2, -0.15) is 0 Å². The SMILES string of the molecule is CC[C@H](C)CN1C(=O)C2=C(c3cccs3)N(C[C@@H](C)CC)C(=O)C2=C1c1cccs1. The molecule has 0 spiro atoms. The normalized spacial score (nSPS) is 18.7. The number of thiophene rings is 2. The molecule has 158 valence electrons. The molecule has 2 aromatic rings. The highest BCUT2D eigenvalue weighted by molar-refractivity contribution is 7.11. The van der Waals surface area contributed by atoms with E-state index < -0.39 is 0 Å². The van der Waals surface area contributed by atoms with Gasteiger partial charge in [0.15, 0.2) is 0 Å². The van der Waals surface area contributed by atoms with Crippen LogP contribution in [0.25, 0.3) is 11.4 Å². The summed E-state index contributed by atoms with van der Waals surface area (Å²) in [6.07, 6.45) is 1.98. The first-order valence-corrected chi connectivity index (χ1v) is 12.4. The molecule has 0 unspecified atom stereocenters. The van der Waals surface area contributed by atoms with Gasteiger partial charge in [-0.1, -0.05) is 52.7 Å². The maximum atomic E-state index is 13.8. The Balaban J connectivity index is 1.92. The van der Waals surface area contributed by atoms with Crippen molar-refractivity contribution in [3.05, 3.63) is 55.9 Å². The summed E-state index contributed by atoms with van der Waals surface area (Å²) in [4.78, 5) is 33.2. The summed E-state index contributed by atoms with van der Waals surface area (Å²) < 4.78 is 0. The number of nitrogens with zero attached hydrogens (tertiary/aromatic N) is 2. The number of fused-ring (bicyclic) bond motifs is 1. The van der Waals surface area contributed by atoms with Crippen molar-refractivity contribution in [2.75, 3.05) is 13.1 Å². The number of hydrogen-bond acceptors (Lipinski definition) is 4. The van der Waals surface area contributed by atoms with E-state index in [0.29, 0.717) is 36.1 Å². The summed E-state index contributed by atoms with van der Waals surface area (Å²) in [5, 5.41) is 4.01. The largest absolute Gasteiger partial charge is 0.306 e. The van der Waals surface area contributed by atoms with Crippen molar-refractivity contribution in [2.45, 2.75) is 40.5 Å². The van der Waals surface area contributed by atoms with Gasteiger partial charge in [0, 0.05) is 13.1 Å². The fraction of sp³-hybridized carbons (Fsp3) is 0.417. The van der Waals surface area contributed by atoms with E-state index in [0.717, 1.165) is 34.0 Å². The van der Waals surface area contributed by atoms with Crippen LogP contribution in [0.15, 0.2) is 46.2 Å². The van der Waals surface area contributed by atoms with Crippen LogP contribution in [0.4, 0.5) is 0 Å². The predicted octanol–water partition coefficient (Wildman–Crippen LogP) is 5.71. The molecule has 4 heterocycles. The van der Waals surface area contributed by atoms with Crippen molar-refractivity contribution in [3.8, 4) is 0 Å². The van der Waals surface area contributed by atoms with Gasteiger partial charge in [0.25, 0.3) is 11.8 Å². The van der Waals surface area contributed by atoms with Crippen LogP contribution < -0.4 is 0 Å². The number of hydrogen-bond donors (Lipinski definition) is 0. The molecule has 6 heteroatoms. The van der Waals surface area contributed by atoms with Crippen LogP contribution in [0.5, 0.6) is 0 Å². The minimum Gasteiger partial charge on any atom is -0.306 e. The summed E-state index contributed by atoms with van der Waals surface area (Å²) in [6.45, 7) is 9.85. The summed E-state index contributed by atoms with van der Waals surface area (Å²) in [5.74, 6) is 0.662. The quantitative estimate of drug-likeness (QED) is 0.528. The summed E-state index contributed by atoms with van der Waals surface area (Å²) in [7, 11) is 0. The zero-order chi connectivity index (χ0) is 21.4. The Morgan fingerprint density at radius 3 is 1.47 bits per heavy atom. The first-order valence-electron chi connectivity index (χ1n) is 10.7. The third-order valence-electron chi connectivity index (χ3n) is 6.07. The highest BCUT2D eigenvalue weighted by Crippen LogP contribution is 2.48. The Morgan fingerprint density at radius 2 is 1.17 bits per heavy atom. The van der Waals surface area contributed by atoms with E-state index in [1.807, 2.05) is 44.8 Å². The van der Waals surface area contributed by atoms with Crippen molar-refractivity contribution in [3.63, 3.8) is 0 Å². The van der Waals surface area contributed by atoms with Gasteiger partial charge in [-0.05, 0) is 34.7 Å². The Labute approximate surface area is 186 Å². The smallest absolute Gasteiger partial charge is 0.261 e. The lowest BCUT2D eigenvalue weighted by atomic mass is 10.1. The molecule has 0 saturated carbocycles. The first kappa shape index (κ1) is 21.1. The topological polar surface area (TPSA) is 40.6 Å². The van der Waals surface area contributed by atoms with E-state index in [2.05, 4.69) is 27.7 Å². The van der Waals surface area contributed by atoms with Crippen molar-refractivity contribution in [1.82, 2.24) is 9.80 Å². The Kier molecular flexibility index (Phi) is 5.98. The van der Waals surface area contributed by atoms with Crippen LogP contribution in [0.3, 0.4) is 0 Å². The molecule has 0 fully saturated rings. The van der Waals surface area contributed by atoms with Crippen LogP contribution in [0.1, 0.15) is 50.3 Å². The molecule has 0 N–H and O–H groups in total. The molecule has 2 amide bonds. The van der Waals surface area contributed by atoms with E-state index in [4.69, 9.17) is 0 Å². The van der Waals surface area contributed by atoms with Gasteiger partial charge in [0.2, 0.25) is 0 Å². The molecule has 30 heavy (non-hydrogen) atoms. The van der Waals surface area contributed by atoms with Crippen LogP contribution in [0.2, 0.25) is 0 Å².